The van der Waals surface area contributed by atoms with Crippen LogP contribution in [0.25, 0.3) is 0 Å². The summed E-state index contributed by atoms with van der Waals surface area (Å²) in [6.07, 6.45) is -1.41. The van der Waals surface area contributed by atoms with Crippen LogP contribution >= 0.6 is 0 Å². The average molecular weight is 299 g/mol. The van der Waals surface area contributed by atoms with E-state index < -0.39 is 34.9 Å². The second-order valence-corrected chi connectivity index (χ2v) is 4.52. The quantitative estimate of drug-likeness (QED) is 0.832. The predicted octanol–water partition coefficient (Wildman–Crippen LogP) is 3.07. The van der Waals surface area contributed by atoms with E-state index in [0.29, 0.717) is 0 Å². The first-order valence-electron chi connectivity index (χ1n) is 6.25. The summed E-state index contributed by atoms with van der Waals surface area (Å²) in [5.74, 6) is -3.12. The molecule has 0 saturated carbocycles. The molecule has 112 valence electrons. The summed E-state index contributed by atoms with van der Waals surface area (Å²) in [6.45, 7) is -0.173. The lowest BCUT2D eigenvalue weighted by molar-refractivity contribution is 0.164. The van der Waals surface area contributed by atoms with Gasteiger partial charge in [0.1, 0.15) is 23.3 Å². The molecule has 2 aromatic carbocycles. The van der Waals surface area contributed by atoms with Crippen molar-refractivity contribution in [2.75, 3.05) is 6.54 Å². The summed E-state index contributed by atoms with van der Waals surface area (Å²) in [5.41, 5.74) is -0.248. The first-order valence-corrected chi connectivity index (χ1v) is 6.25. The highest BCUT2D eigenvalue weighted by Gasteiger charge is 2.17. The topological polar surface area (TPSA) is 32.3 Å². The van der Waals surface area contributed by atoms with Crippen molar-refractivity contribution in [2.24, 2.45) is 0 Å². The van der Waals surface area contributed by atoms with Gasteiger partial charge in [-0.1, -0.05) is 12.1 Å². The molecule has 2 N–H and O–H groups in total. The van der Waals surface area contributed by atoms with Crippen LogP contribution in [0.5, 0.6) is 0 Å². The first-order chi connectivity index (χ1) is 9.99. The van der Waals surface area contributed by atoms with Crippen molar-refractivity contribution in [3.8, 4) is 0 Å². The molecule has 21 heavy (non-hydrogen) atoms. The number of halogens is 4. The molecular weight excluding hydrogens is 286 g/mol. The molecule has 0 aromatic heterocycles. The van der Waals surface area contributed by atoms with E-state index in [-0.39, 0.29) is 18.7 Å². The van der Waals surface area contributed by atoms with E-state index >= 15 is 0 Å². The number of benzene rings is 2. The fraction of sp³-hybridized carbons (Fsp3) is 0.200. The van der Waals surface area contributed by atoms with E-state index in [1.165, 1.54) is 12.1 Å². The van der Waals surface area contributed by atoms with Crippen molar-refractivity contribution < 1.29 is 22.7 Å². The second kappa shape index (κ2) is 6.69. The number of nitrogens with one attached hydrogen (secondary N) is 1. The number of hydrogen-bond acceptors (Lipinski definition) is 2. The maximum absolute atomic E-state index is 13.4. The van der Waals surface area contributed by atoms with Crippen LogP contribution in [-0.4, -0.2) is 11.7 Å². The summed E-state index contributed by atoms with van der Waals surface area (Å²) in [4.78, 5) is 0. The average Bonchev–Trinajstić information content (AvgIpc) is 2.41. The Kier molecular flexibility index (Phi) is 4.93. The van der Waals surface area contributed by atoms with Crippen molar-refractivity contribution in [3.05, 3.63) is 70.8 Å². The monoisotopic (exact) mass is 299 g/mol. The van der Waals surface area contributed by atoms with Gasteiger partial charge in [-0.2, -0.15) is 0 Å². The van der Waals surface area contributed by atoms with Gasteiger partial charge in [-0.05, 0) is 18.2 Å². The van der Waals surface area contributed by atoms with Gasteiger partial charge in [0.15, 0.2) is 0 Å². The highest BCUT2D eigenvalue weighted by molar-refractivity contribution is 5.22. The zero-order chi connectivity index (χ0) is 15.4. The second-order valence-electron chi connectivity index (χ2n) is 4.52. The van der Waals surface area contributed by atoms with Crippen LogP contribution in [0.1, 0.15) is 17.2 Å². The maximum atomic E-state index is 13.4. The summed E-state index contributed by atoms with van der Waals surface area (Å²) >= 11 is 0. The Morgan fingerprint density at radius 2 is 1.62 bits per heavy atom. The number of aliphatic hydroxyl groups is 1. The molecule has 2 nitrogen and oxygen atoms in total. The molecule has 2 aromatic rings. The van der Waals surface area contributed by atoms with Crippen molar-refractivity contribution >= 4 is 0 Å². The lowest BCUT2D eigenvalue weighted by Crippen LogP contribution is -2.23. The summed E-state index contributed by atoms with van der Waals surface area (Å²) < 4.78 is 52.9. The van der Waals surface area contributed by atoms with Crippen LogP contribution in [0.4, 0.5) is 17.6 Å². The van der Waals surface area contributed by atoms with Gasteiger partial charge >= 0.3 is 0 Å². The molecule has 0 bridgehead atoms. The molecule has 0 aliphatic carbocycles. The third-order valence-electron chi connectivity index (χ3n) is 3.00. The first kappa shape index (κ1) is 15.5. The summed E-state index contributed by atoms with van der Waals surface area (Å²) in [7, 11) is 0. The Labute approximate surface area is 119 Å². The number of rotatable bonds is 5. The Hall–Kier alpha value is -1.92. The third kappa shape index (κ3) is 3.80. The zero-order valence-corrected chi connectivity index (χ0v) is 10.9. The highest BCUT2D eigenvalue weighted by atomic mass is 19.1. The highest BCUT2D eigenvalue weighted by Crippen LogP contribution is 2.20. The van der Waals surface area contributed by atoms with Gasteiger partial charge in [0, 0.05) is 24.7 Å². The minimum atomic E-state index is -1.41. The van der Waals surface area contributed by atoms with E-state index in [4.69, 9.17) is 0 Å². The van der Waals surface area contributed by atoms with Crippen LogP contribution in [0, 0.1) is 23.3 Å². The van der Waals surface area contributed by atoms with Gasteiger partial charge in [-0.15, -0.1) is 0 Å². The Bertz CT molecular complexity index is 613. The van der Waals surface area contributed by atoms with Crippen LogP contribution < -0.4 is 5.32 Å². The fourth-order valence-electron chi connectivity index (χ4n) is 1.94. The Morgan fingerprint density at radius 3 is 2.24 bits per heavy atom. The largest absolute Gasteiger partial charge is 0.387 e. The molecule has 2 rings (SSSR count). The molecular formula is C15H13F4NO. The predicted molar refractivity (Wildman–Crippen MR) is 69.4 cm³/mol. The molecule has 0 radical (unpaired) electrons. The third-order valence-corrected chi connectivity index (χ3v) is 3.00. The standard InChI is InChI=1S/C15H13F4NO/c16-10-5-4-9(13(19)6-10)7-20-8-14(21)15-11(17)2-1-3-12(15)18/h1-6,14,20-21H,7-8H2. The van der Waals surface area contributed by atoms with Gasteiger partial charge < -0.3 is 10.4 Å². The van der Waals surface area contributed by atoms with Gasteiger partial charge in [0.2, 0.25) is 0 Å². The van der Waals surface area contributed by atoms with Crippen LogP contribution in [0.15, 0.2) is 36.4 Å². The molecule has 0 spiro atoms. The minimum absolute atomic E-state index is 0.000749. The molecule has 0 fully saturated rings. The minimum Gasteiger partial charge on any atom is -0.387 e. The van der Waals surface area contributed by atoms with Crippen LogP contribution in [0.3, 0.4) is 0 Å². The molecule has 1 unspecified atom stereocenters. The zero-order valence-electron chi connectivity index (χ0n) is 10.9. The van der Waals surface area contributed by atoms with E-state index in [1.54, 1.807) is 0 Å². The van der Waals surface area contributed by atoms with E-state index in [1.807, 2.05) is 0 Å². The van der Waals surface area contributed by atoms with E-state index in [0.717, 1.165) is 24.3 Å². The van der Waals surface area contributed by atoms with Gasteiger partial charge in [0.25, 0.3) is 0 Å². The van der Waals surface area contributed by atoms with Crippen molar-refractivity contribution in [1.29, 1.82) is 0 Å². The normalized spacial score (nSPS) is 12.4. The molecule has 6 heteroatoms. The molecule has 0 heterocycles. The lowest BCUT2D eigenvalue weighted by atomic mass is 10.1. The van der Waals surface area contributed by atoms with Crippen LogP contribution in [-0.2, 0) is 6.54 Å². The van der Waals surface area contributed by atoms with Crippen LogP contribution in [0.2, 0.25) is 0 Å². The van der Waals surface area contributed by atoms with Gasteiger partial charge in [-0.25, -0.2) is 17.6 Å². The van der Waals surface area contributed by atoms with Crippen molar-refractivity contribution in [1.82, 2.24) is 5.32 Å². The van der Waals surface area contributed by atoms with Gasteiger partial charge in [-0.3, -0.25) is 0 Å². The molecule has 0 aliphatic rings. The molecule has 1 atom stereocenters. The van der Waals surface area contributed by atoms with E-state index in [2.05, 4.69) is 5.32 Å². The number of hydrogen-bond donors (Lipinski definition) is 2. The smallest absolute Gasteiger partial charge is 0.131 e. The lowest BCUT2D eigenvalue weighted by Gasteiger charge is -2.14. The van der Waals surface area contributed by atoms with Crippen molar-refractivity contribution in [3.63, 3.8) is 0 Å². The SMILES string of the molecule is OC(CNCc1ccc(F)cc1F)c1c(F)cccc1F. The molecule has 0 amide bonds. The molecule has 0 aliphatic heterocycles. The van der Waals surface area contributed by atoms with E-state index in [9.17, 15) is 22.7 Å². The summed E-state index contributed by atoms with van der Waals surface area (Å²) in [5, 5.41) is 12.4. The molecule has 0 saturated heterocycles. The maximum Gasteiger partial charge on any atom is 0.131 e. The summed E-state index contributed by atoms with van der Waals surface area (Å²) in [6, 6.07) is 6.38. The number of aliphatic hydroxyl groups excluding tert-OH is 1. The fourth-order valence-corrected chi connectivity index (χ4v) is 1.94. The van der Waals surface area contributed by atoms with Crippen molar-refractivity contribution in [2.45, 2.75) is 12.6 Å². The van der Waals surface area contributed by atoms with Gasteiger partial charge in [0.05, 0.1) is 11.7 Å². The Balaban J connectivity index is 1.97. The Morgan fingerprint density at radius 1 is 0.952 bits per heavy atom.